The number of hydrogen-bond acceptors (Lipinski definition) is 4. The Bertz CT molecular complexity index is 1590. The quantitative estimate of drug-likeness (QED) is 0.268. The molecular formula is C32H33F7N4O2. The highest BCUT2D eigenvalue weighted by Crippen LogP contribution is 2.41. The van der Waals surface area contributed by atoms with Gasteiger partial charge in [0.15, 0.2) is 0 Å². The van der Waals surface area contributed by atoms with E-state index in [-0.39, 0.29) is 23.7 Å². The first-order valence-corrected chi connectivity index (χ1v) is 14.0. The fourth-order valence-corrected chi connectivity index (χ4v) is 5.51. The lowest BCUT2D eigenvalue weighted by Gasteiger charge is -2.32. The molecule has 1 aliphatic rings. The highest BCUT2D eigenvalue weighted by Gasteiger charge is 2.41. The lowest BCUT2D eigenvalue weighted by molar-refractivity contribution is -0.143. The predicted molar refractivity (Wildman–Crippen MR) is 156 cm³/mol. The number of halogens is 7. The summed E-state index contributed by atoms with van der Waals surface area (Å²) >= 11 is 0. The summed E-state index contributed by atoms with van der Waals surface area (Å²) in [6.07, 6.45) is -8.08. The van der Waals surface area contributed by atoms with Crippen LogP contribution in [0.1, 0.15) is 49.4 Å². The number of pyridine rings is 1. The molecule has 0 radical (unpaired) electrons. The third kappa shape index (κ3) is 6.91. The summed E-state index contributed by atoms with van der Waals surface area (Å²) in [5, 5.41) is 0. The fraction of sp³-hybridized carbons (Fsp3) is 0.406. The second-order valence-electron chi connectivity index (χ2n) is 11.8. The molecular weight excluding hydrogens is 605 g/mol. The number of carbonyl (C=O) groups is 2. The summed E-state index contributed by atoms with van der Waals surface area (Å²) in [6.45, 7) is 6.72. The standard InChI is InChI=1S/C32H33F7N4O2/c1-18-11-23(33)7-8-25(18)26-15-28(43-10-9-24(17-43)41(5)19(2)44)40-16-27(26)42(6)29(45)30(3,4)20-12-21(31(34,35)36)14-22(13-20)32(37,38)39/h7-8,11-16,24H,9-10,17H2,1-6H3/t24-/m1/s1. The third-order valence-corrected chi connectivity index (χ3v) is 8.39. The fourth-order valence-electron chi connectivity index (χ4n) is 5.51. The highest BCUT2D eigenvalue weighted by atomic mass is 19.4. The van der Waals surface area contributed by atoms with E-state index in [9.17, 15) is 40.3 Å². The molecule has 6 nitrogen and oxygen atoms in total. The molecule has 1 atom stereocenters. The molecule has 2 heterocycles. The smallest absolute Gasteiger partial charge is 0.354 e. The zero-order valence-electron chi connectivity index (χ0n) is 25.6. The molecule has 0 saturated carbocycles. The Morgan fingerprint density at radius 2 is 1.47 bits per heavy atom. The number of aromatic nitrogens is 1. The number of anilines is 2. The minimum atomic E-state index is -5.08. The first kappa shape index (κ1) is 33.7. The van der Waals surface area contributed by atoms with Gasteiger partial charge < -0.3 is 14.7 Å². The van der Waals surface area contributed by atoms with Crippen LogP contribution in [0.3, 0.4) is 0 Å². The van der Waals surface area contributed by atoms with Gasteiger partial charge in [-0.05, 0) is 80.3 Å². The van der Waals surface area contributed by atoms with Crippen LogP contribution in [0.25, 0.3) is 11.1 Å². The normalized spacial score (nSPS) is 15.8. The molecule has 0 N–H and O–H groups in total. The number of aryl methyl sites for hydroxylation is 1. The van der Waals surface area contributed by atoms with Crippen LogP contribution in [-0.4, -0.2) is 54.9 Å². The van der Waals surface area contributed by atoms with E-state index in [1.807, 2.05) is 4.90 Å². The largest absolute Gasteiger partial charge is 0.416 e. The van der Waals surface area contributed by atoms with Gasteiger partial charge in [0.05, 0.1) is 34.5 Å². The van der Waals surface area contributed by atoms with Crippen molar-refractivity contribution in [3.8, 4) is 11.1 Å². The molecule has 0 bridgehead atoms. The van der Waals surface area contributed by atoms with Gasteiger partial charge in [0.25, 0.3) is 0 Å². The molecule has 1 aromatic heterocycles. The van der Waals surface area contributed by atoms with Gasteiger partial charge in [0.1, 0.15) is 11.6 Å². The molecule has 4 rings (SSSR count). The molecule has 45 heavy (non-hydrogen) atoms. The highest BCUT2D eigenvalue weighted by molar-refractivity contribution is 6.03. The first-order valence-electron chi connectivity index (χ1n) is 14.0. The van der Waals surface area contributed by atoms with Crippen LogP contribution in [0.5, 0.6) is 0 Å². The van der Waals surface area contributed by atoms with E-state index in [4.69, 9.17) is 0 Å². The van der Waals surface area contributed by atoms with E-state index in [0.717, 1.165) is 4.90 Å². The third-order valence-electron chi connectivity index (χ3n) is 8.39. The van der Waals surface area contributed by atoms with E-state index in [0.29, 0.717) is 54.2 Å². The number of alkyl halides is 6. The molecule has 1 aliphatic heterocycles. The minimum Gasteiger partial charge on any atom is -0.354 e. The van der Waals surface area contributed by atoms with Gasteiger partial charge in [-0.2, -0.15) is 26.3 Å². The van der Waals surface area contributed by atoms with Crippen molar-refractivity contribution in [2.24, 2.45) is 0 Å². The molecule has 0 spiro atoms. The van der Waals surface area contributed by atoms with E-state index in [1.54, 1.807) is 24.9 Å². The number of carbonyl (C=O) groups excluding carboxylic acids is 2. The van der Waals surface area contributed by atoms with Crippen molar-refractivity contribution in [1.29, 1.82) is 0 Å². The van der Waals surface area contributed by atoms with E-state index < -0.39 is 46.2 Å². The Hall–Kier alpha value is -4.16. The monoisotopic (exact) mass is 638 g/mol. The molecule has 2 amide bonds. The maximum Gasteiger partial charge on any atom is 0.416 e. The number of likely N-dealkylation sites (N-methyl/N-ethyl adjacent to an activating group) is 2. The summed E-state index contributed by atoms with van der Waals surface area (Å²) in [4.78, 5) is 35.1. The lowest BCUT2D eigenvalue weighted by atomic mass is 9.81. The predicted octanol–water partition coefficient (Wildman–Crippen LogP) is 7.23. The van der Waals surface area contributed by atoms with E-state index in [2.05, 4.69) is 4.98 Å². The van der Waals surface area contributed by atoms with Crippen molar-refractivity contribution in [3.63, 3.8) is 0 Å². The second kappa shape index (κ2) is 12.0. The molecule has 1 fully saturated rings. The van der Waals surface area contributed by atoms with Crippen LogP contribution < -0.4 is 9.80 Å². The van der Waals surface area contributed by atoms with Crippen molar-refractivity contribution in [2.75, 3.05) is 37.0 Å². The van der Waals surface area contributed by atoms with Gasteiger partial charge in [-0.1, -0.05) is 6.07 Å². The SMILES string of the molecule is CC(=O)N(C)[C@@H]1CCN(c2cc(-c3ccc(F)cc3C)c(N(C)C(=O)C(C)(C)c3cc(C(F)(F)F)cc(C(F)(F)F)c3)cn2)C1. The Balaban J connectivity index is 1.79. The Morgan fingerprint density at radius 3 is 2.00 bits per heavy atom. The number of benzene rings is 2. The zero-order chi connectivity index (χ0) is 33.6. The van der Waals surface area contributed by atoms with E-state index in [1.165, 1.54) is 52.2 Å². The molecule has 2 aromatic carbocycles. The van der Waals surface area contributed by atoms with Crippen molar-refractivity contribution < 1.29 is 40.3 Å². The van der Waals surface area contributed by atoms with Crippen LogP contribution >= 0.6 is 0 Å². The van der Waals surface area contributed by atoms with Gasteiger partial charge in [0, 0.05) is 39.7 Å². The Morgan fingerprint density at radius 1 is 0.889 bits per heavy atom. The van der Waals surface area contributed by atoms with Gasteiger partial charge in [0.2, 0.25) is 11.8 Å². The molecule has 3 aromatic rings. The van der Waals surface area contributed by atoms with Gasteiger partial charge in [-0.3, -0.25) is 9.59 Å². The topological polar surface area (TPSA) is 56.8 Å². The van der Waals surface area contributed by atoms with Crippen LogP contribution in [0.4, 0.5) is 42.2 Å². The Labute approximate surface area is 256 Å². The summed E-state index contributed by atoms with van der Waals surface area (Å²) < 4.78 is 95.7. The second-order valence-corrected chi connectivity index (χ2v) is 11.8. The summed E-state index contributed by atoms with van der Waals surface area (Å²) in [5.41, 5.74) is -3.63. The molecule has 0 unspecified atom stereocenters. The van der Waals surface area contributed by atoms with Crippen molar-refractivity contribution in [2.45, 2.75) is 57.9 Å². The van der Waals surface area contributed by atoms with Gasteiger partial charge >= 0.3 is 12.4 Å². The van der Waals surface area contributed by atoms with Crippen LogP contribution in [-0.2, 0) is 27.4 Å². The van der Waals surface area contributed by atoms with E-state index >= 15 is 0 Å². The Kier molecular flexibility index (Phi) is 8.98. The summed E-state index contributed by atoms with van der Waals surface area (Å²) in [5.74, 6) is -0.851. The summed E-state index contributed by atoms with van der Waals surface area (Å²) in [7, 11) is 3.07. The van der Waals surface area contributed by atoms with Gasteiger partial charge in [-0.15, -0.1) is 0 Å². The molecule has 13 heteroatoms. The average Bonchev–Trinajstić information content (AvgIpc) is 3.45. The number of hydrogen-bond donors (Lipinski definition) is 0. The minimum absolute atomic E-state index is 0.0168. The average molecular weight is 639 g/mol. The molecule has 1 saturated heterocycles. The maximum atomic E-state index is 14.1. The lowest BCUT2D eigenvalue weighted by Crippen LogP contribution is -2.42. The van der Waals surface area contributed by atoms with Gasteiger partial charge in [-0.25, -0.2) is 9.37 Å². The number of rotatable bonds is 6. The van der Waals surface area contributed by atoms with Crippen LogP contribution in [0.15, 0.2) is 48.7 Å². The first-order chi connectivity index (χ1) is 20.7. The molecule has 242 valence electrons. The summed E-state index contributed by atoms with van der Waals surface area (Å²) in [6, 6.07) is 6.84. The zero-order valence-corrected chi connectivity index (χ0v) is 25.6. The van der Waals surface area contributed by atoms with Crippen LogP contribution in [0.2, 0.25) is 0 Å². The number of nitrogens with zero attached hydrogens (tertiary/aromatic N) is 4. The van der Waals surface area contributed by atoms with Crippen molar-refractivity contribution in [3.05, 3.63) is 76.7 Å². The number of amides is 2. The van der Waals surface area contributed by atoms with Crippen LogP contribution in [0, 0.1) is 12.7 Å². The van der Waals surface area contributed by atoms with Crippen molar-refractivity contribution in [1.82, 2.24) is 9.88 Å². The molecule has 0 aliphatic carbocycles. The van der Waals surface area contributed by atoms with Crippen molar-refractivity contribution >= 4 is 23.3 Å². The maximum absolute atomic E-state index is 14.1.